The number of aliphatic hydroxyl groups excluding tert-OH is 1. The van der Waals surface area contributed by atoms with Crippen molar-refractivity contribution >= 4 is 23.2 Å². The molecule has 2 atom stereocenters. The van der Waals surface area contributed by atoms with Gasteiger partial charge in [0.1, 0.15) is 10.7 Å². The molecule has 0 bridgehead atoms. The monoisotopic (exact) mass is 273 g/mol. The number of amides is 1. The molecule has 1 aromatic rings. The third-order valence-electron chi connectivity index (χ3n) is 2.07. The third kappa shape index (κ3) is 3.76. The number of rotatable bonds is 5. The van der Waals surface area contributed by atoms with Crippen molar-refractivity contribution in [1.82, 2.24) is 10.3 Å². The second-order valence-electron chi connectivity index (χ2n) is 3.61. The summed E-state index contributed by atoms with van der Waals surface area (Å²) < 4.78 is 4.32. The Morgan fingerprint density at radius 1 is 1.67 bits per heavy atom. The summed E-state index contributed by atoms with van der Waals surface area (Å²) in [5, 5.41) is 13.9. The minimum Gasteiger partial charge on any atom is -0.467 e. The Bertz CT molecular complexity index is 433. The van der Waals surface area contributed by atoms with Crippen LogP contribution < -0.4 is 11.1 Å². The van der Waals surface area contributed by atoms with Gasteiger partial charge in [-0.15, -0.1) is 11.3 Å². The molecule has 0 saturated heterocycles. The topological polar surface area (TPSA) is 115 Å². The van der Waals surface area contributed by atoms with Crippen molar-refractivity contribution in [3.05, 3.63) is 16.1 Å². The van der Waals surface area contributed by atoms with E-state index in [0.29, 0.717) is 5.01 Å². The number of nitrogens with zero attached hydrogens (tertiary/aromatic N) is 1. The van der Waals surface area contributed by atoms with E-state index in [2.05, 4.69) is 15.0 Å². The Morgan fingerprint density at radius 2 is 2.33 bits per heavy atom. The molecule has 18 heavy (non-hydrogen) atoms. The van der Waals surface area contributed by atoms with Crippen LogP contribution in [0.1, 0.15) is 28.5 Å². The van der Waals surface area contributed by atoms with Crippen molar-refractivity contribution in [3.8, 4) is 0 Å². The zero-order chi connectivity index (χ0) is 13.7. The smallest absolute Gasteiger partial charge is 0.336 e. The first-order chi connectivity index (χ1) is 8.45. The lowest BCUT2D eigenvalue weighted by molar-refractivity contribution is -0.149. The van der Waals surface area contributed by atoms with Gasteiger partial charge in [0, 0.05) is 5.38 Å². The molecule has 2 unspecified atom stereocenters. The fourth-order valence-corrected chi connectivity index (χ4v) is 1.86. The largest absolute Gasteiger partial charge is 0.467 e. The molecule has 0 fully saturated rings. The van der Waals surface area contributed by atoms with Crippen molar-refractivity contribution in [2.75, 3.05) is 13.7 Å². The lowest BCUT2D eigenvalue weighted by Crippen LogP contribution is -2.37. The Morgan fingerprint density at radius 3 is 2.83 bits per heavy atom. The van der Waals surface area contributed by atoms with Gasteiger partial charge in [-0.2, -0.15) is 0 Å². The molecule has 0 saturated carbocycles. The molecule has 0 radical (unpaired) electrons. The summed E-state index contributed by atoms with van der Waals surface area (Å²) in [6.07, 6.45) is -1.38. The molecule has 0 spiro atoms. The van der Waals surface area contributed by atoms with Crippen LogP contribution in [0, 0.1) is 0 Å². The molecule has 8 heteroatoms. The number of nitrogens with two attached hydrogens (primary N) is 1. The van der Waals surface area contributed by atoms with Gasteiger partial charge in [-0.3, -0.25) is 4.79 Å². The summed E-state index contributed by atoms with van der Waals surface area (Å²) >= 11 is 1.28. The second kappa shape index (κ2) is 6.43. The number of hydrogen-bond acceptors (Lipinski definition) is 7. The van der Waals surface area contributed by atoms with Crippen molar-refractivity contribution in [2.45, 2.75) is 19.1 Å². The van der Waals surface area contributed by atoms with Gasteiger partial charge in [0.25, 0.3) is 5.91 Å². The van der Waals surface area contributed by atoms with Crippen LogP contribution in [-0.4, -0.2) is 41.7 Å². The van der Waals surface area contributed by atoms with E-state index in [1.165, 1.54) is 11.3 Å². The molecule has 0 aliphatic heterocycles. The highest BCUT2D eigenvalue weighted by Gasteiger charge is 2.18. The number of carbonyl (C=O) groups is 2. The summed E-state index contributed by atoms with van der Waals surface area (Å²) in [5.41, 5.74) is 5.83. The first-order valence-corrected chi connectivity index (χ1v) is 6.08. The maximum absolute atomic E-state index is 11.6. The van der Waals surface area contributed by atoms with Crippen molar-refractivity contribution < 1.29 is 19.4 Å². The van der Waals surface area contributed by atoms with Gasteiger partial charge < -0.3 is 20.9 Å². The number of ether oxygens (including phenoxy) is 1. The number of thiazole rings is 1. The van der Waals surface area contributed by atoms with Gasteiger partial charge in [0.05, 0.1) is 19.7 Å². The van der Waals surface area contributed by atoms with Crippen LogP contribution in [0.3, 0.4) is 0 Å². The number of aromatic nitrogens is 1. The lowest BCUT2D eigenvalue weighted by atomic mass is 10.3. The molecule has 4 N–H and O–H groups in total. The van der Waals surface area contributed by atoms with Crippen LogP contribution >= 0.6 is 11.3 Å². The zero-order valence-electron chi connectivity index (χ0n) is 10.0. The fourth-order valence-electron chi connectivity index (χ4n) is 1.10. The highest BCUT2D eigenvalue weighted by atomic mass is 32.1. The molecule has 0 aliphatic rings. The van der Waals surface area contributed by atoms with Gasteiger partial charge in [-0.1, -0.05) is 0 Å². The number of esters is 1. The van der Waals surface area contributed by atoms with E-state index in [-0.39, 0.29) is 18.3 Å². The number of nitrogens with one attached hydrogen (secondary N) is 1. The number of carbonyl (C=O) groups excluding carboxylic acids is 2. The van der Waals surface area contributed by atoms with Crippen LogP contribution in [0.25, 0.3) is 0 Å². The van der Waals surface area contributed by atoms with Gasteiger partial charge in [0.2, 0.25) is 0 Å². The maximum Gasteiger partial charge on any atom is 0.336 e. The summed E-state index contributed by atoms with van der Waals surface area (Å²) in [7, 11) is 1.16. The summed E-state index contributed by atoms with van der Waals surface area (Å²) in [5.74, 6) is -1.27. The molecule has 1 heterocycles. The average Bonchev–Trinajstić information content (AvgIpc) is 2.84. The average molecular weight is 273 g/mol. The van der Waals surface area contributed by atoms with Crippen LogP contribution in [0.5, 0.6) is 0 Å². The number of methoxy groups -OCH3 is 1. The summed E-state index contributed by atoms with van der Waals surface area (Å²) in [6.45, 7) is 1.54. The first kappa shape index (κ1) is 14.6. The van der Waals surface area contributed by atoms with E-state index < -0.39 is 18.0 Å². The molecule has 1 aromatic heterocycles. The normalized spacial score (nSPS) is 13.8. The van der Waals surface area contributed by atoms with E-state index in [1.807, 2.05) is 0 Å². The fraction of sp³-hybridized carbons (Fsp3) is 0.500. The first-order valence-electron chi connectivity index (χ1n) is 5.20. The lowest BCUT2D eigenvalue weighted by Gasteiger charge is -2.08. The minimum atomic E-state index is -1.38. The van der Waals surface area contributed by atoms with Crippen LogP contribution in [-0.2, 0) is 9.53 Å². The number of aliphatic hydroxyl groups is 1. The van der Waals surface area contributed by atoms with Crippen molar-refractivity contribution in [2.24, 2.45) is 5.73 Å². The van der Waals surface area contributed by atoms with Gasteiger partial charge in [0.15, 0.2) is 6.10 Å². The third-order valence-corrected chi connectivity index (χ3v) is 3.12. The van der Waals surface area contributed by atoms with E-state index in [1.54, 1.807) is 12.3 Å². The van der Waals surface area contributed by atoms with E-state index in [4.69, 9.17) is 5.73 Å². The quantitative estimate of drug-likeness (QED) is 0.619. The zero-order valence-corrected chi connectivity index (χ0v) is 10.9. The van der Waals surface area contributed by atoms with Gasteiger partial charge >= 0.3 is 5.97 Å². The second-order valence-corrected chi connectivity index (χ2v) is 4.50. The highest BCUT2D eigenvalue weighted by Crippen LogP contribution is 2.15. The standard InChI is InChI=1S/C10H15N3O4S/c1-5(11)9-13-6(4-18-9)8(15)12-3-7(14)10(16)17-2/h4-5,7,14H,3,11H2,1-2H3,(H,12,15). The van der Waals surface area contributed by atoms with E-state index >= 15 is 0 Å². The SMILES string of the molecule is COC(=O)C(O)CNC(=O)c1csc(C(C)N)n1. The van der Waals surface area contributed by atoms with Gasteiger partial charge in [-0.05, 0) is 6.92 Å². The van der Waals surface area contributed by atoms with Crippen molar-refractivity contribution in [3.63, 3.8) is 0 Å². The maximum atomic E-state index is 11.6. The predicted molar refractivity (Wildman–Crippen MR) is 65.1 cm³/mol. The van der Waals surface area contributed by atoms with Gasteiger partial charge in [-0.25, -0.2) is 9.78 Å². The summed E-state index contributed by atoms with van der Waals surface area (Å²) in [6, 6.07) is -0.239. The van der Waals surface area contributed by atoms with Crippen molar-refractivity contribution in [1.29, 1.82) is 0 Å². The number of hydrogen-bond donors (Lipinski definition) is 3. The Labute approximate surface area is 108 Å². The minimum absolute atomic E-state index is 0.212. The highest BCUT2D eigenvalue weighted by molar-refractivity contribution is 7.09. The molecule has 0 aromatic carbocycles. The Hall–Kier alpha value is -1.51. The molecule has 0 aliphatic carbocycles. The Kier molecular flexibility index (Phi) is 5.20. The van der Waals surface area contributed by atoms with E-state index in [0.717, 1.165) is 7.11 Å². The van der Waals surface area contributed by atoms with E-state index in [9.17, 15) is 14.7 Å². The molecule has 1 amide bonds. The molecular formula is C10H15N3O4S. The Balaban J connectivity index is 2.52. The van der Waals surface area contributed by atoms with Crippen LogP contribution in [0.4, 0.5) is 0 Å². The van der Waals surface area contributed by atoms with Crippen LogP contribution in [0.2, 0.25) is 0 Å². The molecule has 1 rings (SSSR count). The molecule has 7 nitrogen and oxygen atoms in total. The van der Waals surface area contributed by atoms with Crippen LogP contribution in [0.15, 0.2) is 5.38 Å². The molecular weight excluding hydrogens is 258 g/mol. The summed E-state index contributed by atoms with van der Waals surface area (Å²) in [4.78, 5) is 26.6. The molecule has 100 valence electrons. The predicted octanol–water partition coefficient (Wildman–Crippen LogP) is -0.573.